The highest BCUT2D eigenvalue weighted by Gasteiger charge is 2.55. The van der Waals surface area contributed by atoms with Crippen LogP contribution in [0.15, 0.2) is 0 Å². The lowest BCUT2D eigenvalue weighted by Crippen LogP contribution is -2.54. The minimum absolute atomic E-state index is 0.460. The Labute approximate surface area is 146 Å². The lowest BCUT2D eigenvalue weighted by atomic mass is 9.77. The van der Waals surface area contributed by atoms with Crippen molar-refractivity contribution < 1.29 is 8.85 Å². The summed E-state index contributed by atoms with van der Waals surface area (Å²) >= 11 is 0. The Bertz CT molecular complexity index is 349. The fourth-order valence-electron chi connectivity index (χ4n) is 5.61. The third kappa shape index (κ3) is 4.61. The lowest BCUT2D eigenvalue weighted by Gasteiger charge is -2.49. The largest absolute Gasteiger partial charge is 0.394 e. The Morgan fingerprint density at radius 3 is 1.96 bits per heavy atom. The summed E-state index contributed by atoms with van der Waals surface area (Å²) in [4.78, 5) is 0. The van der Waals surface area contributed by atoms with Crippen LogP contribution in [0.2, 0.25) is 11.1 Å². The third-order valence-electron chi connectivity index (χ3n) is 6.26. The molecule has 0 spiro atoms. The lowest BCUT2D eigenvalue weighted by molar-refractivity contribution is 0.118. The van der Waals surface area contributed by atoms with E-state index in [1.807, 2.05) is 0 Å². The maximum Gasteiger partial charge on any atom is 0.344 e. The molecule has 0 radical (unpaired) electrons. The second kappa shape index (κ2) is 8.01. The van der Waals surface area contributed by atoms with Crippen molar-refractivity contribution in [1.82, 2.24) is 0 Å². The Hall–Kier alpha value is 0.137. The molecule has 0 aromatic heterocycles. The molecule has 2 saturated carbocycles. The van der Waals surface area contributed by atoms with E-state index in [1.165, 1.54) is 44.9 Å². The van der Waals surface area contributed by atoms with Crippen molar-refractivity contribution in [3.8, 4) is 0 Å². The Balaban J connectivity index is 2.30. The van der Waals surface area contributed by atoms with Crippen LogP contribution in [0.5, 0.6) is 0 Å². The highest BCUT2D eigenvalue weighted by molar-refractivity contribution is 6.70. The summed E-state index contributed by atoms with van der Waals surface area (Å²) in [5.41, 5.74) is 1.84. The van der Waals surface area contributed by atoms with E-state index >= 15 is 0 Å². The van der Waals surface area contributed by atoms with Crippen LogP contribution < -0.4 is 0 Å². The van der Waals surface area contributed by atoms with E-state index in [1.54, 1.807) is 0 Å². The van der Waals surface area contributed by atoms with Crippen molar-refractivity contribution in [2.24, 2.45) is 17.3 Å². The molecule has 2 rings (SSSR count). The van der Waals surface area contributed by atoms with E-state index in [2.05, 4.69) is 41.5 Å². The van der Waals surface area contributed by atoms with Crippen LogP contribution in [0, 0.1) is 17.3 Å². The second-order valence-corrected chi connectivity index (χ2v) is 12.8. The standard InChI is InChI=1S/C20H40O2Si/c1-7-21-23(22-8-2,18-10-9-11-20(5,6)15-18)19-13-16(3)12-17(4)14-19/h16-19H,7-15H2,1-6H3. The van der Waals surface area contributed by atoms with Gasteiger partial charge in [0.1, 0.15) is 0 Å². The topological polar surface area (TPSA) is 18.5 Å². The van der Waals surface area contributed by atoms with Gasteiger partial charge >= 0.3 is 8.56 Å². The first-order valence-electron chi connectivity index (χ1n) is 10.1. The molecule has 3 atom stereocenters. The van der Waals surface area contributed by atoms with Gasteiger partial charge in [0.15, 0.2) is 0 Å². The summed E-state index contributed by atoms with van der Waals surface area (Å²) in [6.07, 6.45) is 9.39. The average molecular weight is 341 g/mol. The number of hydrogen-bond donors (Lipinski definition) is 0. The summed E-state index contributed by atoms with van der Waals surface area (Å²) in [5.74, 6) is 1.65. The molecule has 136 valence electrons. The van der Waals surface area contributed by atoms with Gasteiger partial charge < -0.3 is 8.85 Å². The van der Waals surface area contributed by atoms with E-state index in [9.17, 15) is 0 Å². The smallest absolute Gasteiger partial charge is 0.344 e. The SMILES string of the molecule is CCO[Si](OCC)(C1CC(C)CC(C)C1)C1CCCC(C)(C)C1. The molecule has 2 nitrogen and oxygen atoms in total. The van der Waals surface area contributed by atoms with Gasteiger partial charge in [-0.25, -0.2) is 0 Å². The van der Waals surface area contributed by atoms with Crippen molar-refractivity contribution in [3.63, 3.8) is 0 Å². The zero-order valence-corrected chi connectivity index (χ0v) is 17.5. The quantitative estimate of drug-likeness (QED) is 0.528. The van der Waals surface area contributed by atoms with Gasteiger partial charge in [0.05, 0.1) is 0 Å². The van der Waals surface area contributed by atoms with Crippen LogP contribution in [0.1, 0.15) is 86.5 Å². The molecular weight excluding hydrogens is 300 g/mol. The van der Waals surface area contributed by atoms with Gasteiger partial charge in [0.25, 0.3) is 0 Å². The first-order chi connectivity index (χ1) is 10.8. The maximum atomic E-state index is 6.66. The van der Waals surface area contributed by atoms with Crippen LogP contribution >= 0.6 is 0 Å². The van der Waals surface area contributed by atoms with Crippen molar-refractivity contribution in [1.29, 1.82) is 0 Å². The zero-order chi connectivity index (χ0) is 17.1. The molecule has 0 saturated heterocycles. The van der Waals surface area contributed by atoms with Gasteiger partial charge in [0, 0.05) is 24.3 Å². The molecule has 0 N–H and O–H groups in total. The molecule has 0 bridgehead atoms. The third-order valence-corrected chi connectivity index (χ3v) is 11.0. The molecule has 0 aromatic carbocycles. The molecule has 3 heteroatoms. The molecule has 0 aliphatic heterocycles. The first-order valence-corrected chi connectivity index (χ1v) is 12.1. The minimum Gasteiger partial charge on any atom is -0.394 e. The van der Waals surface area contributed by atoms with Crippen LogP contribution in [-0.2, 0) is 8.85 Å². The zero-order valence-electron chi connectivity index (χ0n) is 16.5. The van der Waals surface area contributed by atoms with Crippen LogP contribution in [-0.4, -0.2) is 21.8 Å². The fourth-order valence-corrected chi connectivity index (χ4v) is 11.1. The fraction of sp³-hybridized carbons (Fsp3) is 1.00. The summed E-state index contributed by atoms with van der Waals surface area (Å²) in [5, 5.41) is 0. The van der Waals surface area contributed by atoms with Gasteiger partial charge in [0.2, 0.25) is 0 Å². The van der Waals surface area contributed by atoms with Crippen molar-refractivity contribution in [3.05, 3.63) is 0 Å². The van der Waals surface area contributed by atoms with Crippen LogP contribution in [0.4, 0.5) is 0 Å². The summed E-state index contributed by atoms with van der Waals surface area (Å²) in [7, 11) is -2.17. The molecule has 0 heterocycles. The Kier molecular flexibility index (Phi) is 6.78. The molecule has 0 amide bonds. The second-order valence-electron chi connectivity index (χ2n) is 9.16. The normalized spacial score (nSPS) is 35.2. The Morgan fingerprint density at radius 2 is 1.48 bits per heavy atom. The Morgan fingerprint density at radius 1 is 0.913 bits per heavy atom. The van der Waals surface area contributed by atoms with Gasteiger partial charge in [-0.3, -0.25) is 0 Å². The van der Waals surface area contributed by atoms with E-state index in [4.69, 9.17) is 8.85 Å². The highest BCUT2D eigenvalue weighted by Crippen LogP contribution is 2.54. The van der Waals surface area contributed by atoms with Crippen molar-refractivity contribution in [2.75, 3.05) is 13.2 Å². The van der Waals surface area contributed by atoms with Gasteiger partial charge in [-0.2, -0.15) is 0 Å². The maximum absolute atomic E-state index is 6.66. The average Bonchev–Trinajstić information content (AvgIpc) is 2.44. The predicted octanol–water partition coefficient (Wildman–Crippen LogP) is 6.30. The van der Waals surface area contributed by atoms with Gasteiger partial charge in [-0.05, 0) is 69.6 Å². The number of hydrogen-bond acceptors (Lipinski definition) is 2. The van der Waals surface area contributed by atoms with E-state index in [0.717, 1.165) is 25.0 Å². The van der Waals surface area contributed by atoms with E-state index < -0.39 is 8.56 Å². The van der Waals surface area contributed by atoms with Crippen LogP contribution in [0.3, 0.4) is 0 Å². The van der Waals surface area contributed by atoms with Gasteiger partial charge in [-0.15, -0.1) is 0 Å². The molecular formula is C20H40O2Si. The molecule has 2 aliphatic rings. The molecule has 2 fully saturated rings. The number of rotatable bonds is 6. The minimum atomic E-state index is -2.17. The van der Waals surface area contributed by atoms with Gasteiger partial charge in [-0.1, -0.05) is 34.1 Å². The van der Waals surface area contributed by atoms with E-state index in [-0.39, 0.29) is 0 Å². The molecule has 2 aliphatic carbocycles. The molecule has 0 aromatic rings. The summed E-state index contributed by atoms with van der Waals surface area (Å²) < 4.78 is 13.3. The monoisotopic (exact) mass is 340 g/mol. The van der Waals surface area contributed by atoms with Crippen LogP contribution in [0.25, 0.3) is 0 Å². The summed E-state index contributed by atoms with van der Waals surface area (Å²) in [6.45, 7) is 15.7. The van der Waals surface area contributed by atoms with Crippen molar-refractivity contribution >= 4 is 8.56 Å². The predicted molar refractivity (Wildman–Crippen MR) is 101 cm³/mol. The van der Waals surface area contributed by atoms with Crippen molar-refractivity contribution in [2.45, 2.75) is 97.6 Å². The molecule has 3 unspecified atom stereocenters. The van der Waals surface area contributed by atoms with E-state index in [0.29, 0.717) is 16.5 Å². The highest BCUT2D eigenvalue weighted by atomic mass is 28.4. The summed E-state index contributed by atoms with van der Waals surface area (Å²) in [6, 6.07) is 0. The molecule has 23 heavy (non-hydrogen) atoms. The first kappa shape index (κ1) is 19.5.